The maximum atomic E-state index is 12.2. The highest BCUT2D eigenvalue weighted by Gasteiger charge is 2.25. The summed E-state index contributed by atoms with van der Waals surface area (Å²) in [7, 11) is 1.53. The summed E-state index contributed by atoms with van der Waals surface area (Å²) in [5.74, 6) is 0.688. The molecule has 1 fully saturated rings. The van der Waals surface area contributed by atoms with Gasteiger partial charge >= 0.3 is 0 Å². The van der Waals surface area contributed by atoms with Crippen LogP contribution in [-0.4, -0.2) is 40.9 Å². The highest BCUT2D eigenvalue weighted by molar-refractivity contribution is 5.97. The molecule has 28 heavy (non-hydrogen) atoms. The van der Waals surface area contributed by atoms with Crippen LogP contribution in [0.25, 0.3) is 0 Å². The van der Waals surface area contributed by atoms with Gasteiger partial charge in [0.2, 0.25) is 5.91 Å². The molecule has 1 heterocycles. The van der Waals surface area contributed by atoms with E-state index in [9.17, 15) is 9.59 Å². The van der Waals surface area contributed by atoms with Crippen LogP contribution in [0.3, 0.4) is 0 Å². The number of aromatic nitrogens is 2. The van der Waals surface area contributed by atoms with Crippen LogP contribution in [0, 0.1) is 0 Å². The van der Waals surface area contributed by atoms with E-state index in [4.69, 9.17) is 9.47 Å². The van der Waals surface area contributed by atoms with E-state index in [1.165, 1.54) is 7.11 Å². The minimum absolute atomic E-state index is 0.00854. The minimum Gasteiger partial charge on any atom is -0.477 e. The molecule has 1 aromatic carbocycles. The Balaban J connectivity index is 1.39. The molecule has 1 N–H and O–H groups in total. The van der Waals surface area contributed by atoms with E-state index in [1.807, 2.05) is 18.2 Å². The van der Waals surface area contributed by atoms with Gasteiger partial charge in [0.1, 0.15) is 6.10 Å². The van der Waals surface area contributed by atoms with Crippen LogP contribution in [0.4, 0.5) is 0 Å². The molecule has 0 atom stereocenters. The van der Waals surface area contributed by atoms with Crippen molar-refractivity contribution in [3.8, 4) is 11.8 Å². The second-order valence-corrected chi connectivity index (χ2v) is 6.82. The van der Waals surface area contributed by atoms with Gasteiger partial charge in [-0.25, -0.2) is 9.97 Å². The number of carbonyl (C=O) groups excluding carboxylic acids is 2. The summed E-state index contributed by atoms with van der Waals surface area (Å²) in [4.78, 5) is 32.5. The lowest BCUT2D eigenvalue weighted by atomic mass is 9.92. The lowest BCUT2D eigenvalue weighted by Gasteiger charge is -2.29. The van der Waals surface area contributed by atoms with Gasteiger partial charge in [0.15, 0.2) is 5.78 Å². The number of hydrogen-bond donors (Lipinski definition) is 1. The second kappa shape index (κ2) is 9.82. The van der Waals surface area contributed by atoms with Gasteiger partial charge < -0.3 is 14.8 Å². The van der Waals surface area contributed by atoms with Crippen LogP contribution in [0.1, 0.15) is 48.9 Å². The molecule has 0 aliphatic heterocycles. The maximum Gasteiger partial charge on any atom is 0.278 e. The van der Waals surface area contributed by atoms with Gasteiger partial charge in [0.25, 0.3) is 11.8 Å². The summed E-state index contributed by atoms with van der Waals surface area (Å²) in [5, 5.41) is 3.03. The fraction of sp³-hybridized carbons (Fsp3) is 0.429. The highest BCUT2D eigenvalue weighted by Crippen LogP contribution is 2.27. The minimum atomic E-state index is -0.0794. The zero-order valence-electron chi connectivity index (χ0n) is 16.0. The molecule has 0 radical (unpaired) electrons. The van der Waals surface area contributed by atoms with E-state index in [0.29, 0.717) is 17.3 Å². The summed E-state index contributed by atoms with van der Waals surface area (Å²) < 4.78 is 11.1. The smallest absolute Gasteiger partial charge is 0.278 e. The van der Waals surface area contributed by atoms with Crippen molar-refractivity contribution in [2.24, 2.45) is 0 Å². The Labute approximate surface area is 164 Å². The van der Waals surface area contributed by atoms with Gasteiger partial charge in [-0.1, -0.05) is 30.3 Å². The van der Waals surface area contributed by atoms with Crippen molar-refractivity contribution in [3.05, 3.63) is 48.3 Å². The van der Waals surface area contributed by atoms with E-state index < -0.39 is 0 Å². The zero-order chi connectivity index (χ0) is 19.8. The molecule has 0 spiro atoms. The van der Waals surface area contributed by atoms with Gasteiger partial charge in [-0.3, -0.25) is 9.59 Å². The number of rotatable bonds is 8. The van der Waals surface area contributed by atoms with Gasteiger partial charge in [-0.2, -0.15) is 0 Å². The summed E-state index contributed by atoms with van der Waals surface area (Å²) in [6, 6.07) is 9.17. The molecule has 1 aromatic heterocycles. The number of ether oxygens (including phenoxy) is 2. The number of amides is 1. The van der Waals surface area contributed by atoms with Gasteiger partial charge in [-0.15, -0.1) is 0 Å². The van der Waals surface area contributed by atoms with Gasteiger partial charge in [-0.05, 0) is 25.7 Å². The van der Waals surface area contributed by atoms with Crippen LogP contribution < -0.4 is 14.8 Å². The quantitative estimate of drug-likeness (QED) is 0.705. The van der Waals surface area contributed by atoms with Crippen molar-refractivity contribution in [1.29, 1.82) is 0 Å². The predicted octanol–water partition coefficient (Wildman–Crippen LogP) is 2.95. The van der Waals surface area contributed by atoms with Crippen molar-refractivity contribution in [3.63, 3.8) is 0 Å². The molecule has 0 unspecified atom stereocenters. The molecule has 0 bridgehead atoms. The molecule has 7 nitrogen and oxygen atoms in total. The third-order valence-corrected chi connectivity index (χ3v) is 4.82. The van der Waals surface area contributed by atoms with Crippen molar-refractivity contribution < 1.29 is 19.1 Å². The third kappa shape index (κ3) is 5.52. The van der Waals surface area contributed by atoms with E-state index in [0.717, 1.165) is 25.7 Å². The van der Waals surface area contributed by atoms with E-state index in [-0.39, 0.29) is 36.7 Å². The summed E-state index contributed by atoms with van der Waals surface area (Å²) >= 11 is 0. The number of hydrogen-bond acceptors (Lipinski definition) is 6. The number of ketones is 1. The van der Waals surface area contributed by atoms with E-state index in [1.54, 1.807) is 24.5 Å². The van der Waals surface area contributed by atoms with Gasteiger partial charge in [0, 0.05) is 36.8 Å². The third-order valence-electron chi connectivity index (χ3n) is 4.82. The van der Waals surface area contributed by atoms with Crippen LogP contribution >= 0.6 is 0 Å². The van der Waals surface area contributed by atoms with E-state index >= 15 is 0 Å². The van der Waals surface area contributed by atoms with Crippen molar-refractivity contribution >= 4 is 11.7 Å². The lowest BCUT2D eigenvalue weighted by Crippen LogP contribution is -2.39. The second-order valence-electron chi connectivity index (χ2n) is 6.82. The molecule has 1 saturated carbocycles. The first kappa shape index (κ1) is 19.8. The molecule has 3 rings (SSSR count). The molecular formula is C21H25N3O4. The maximum absolute atomic E-state index is 12.2. The Morgan fingerprint density at radius 2 is 1.68 bits per heavy atom. The number of carbonyl (C=O) groups is 2. The highest BCUT2D eigenvalue weighted by atomic mass is 16.5. The summed E-state index contributed by atoms with van der Waals surface area (Å²) in [6.07, 6.45) is 6.86. The number of methoxy groups -OCH3 is 1. The van der Waals surface area contributed by atoms with Crippen LogP contribution in [0.5, 0.6) is 11.8 Å². The Hall–Kier alpha value is -2.96. The molecular weight excluding hydrogens is 358 g/mol. The lowest BCUT2D eigenvalue weighted by molar-refractivity contribution is -0.122. The predicted molar refractivity (Wildman–Crippen MR) is 103 cm³/mol. The first-order valence-corrected chi connectivity index (χ1v) is 9.55. The normalized spacial score (nSPS) is 18.9. The Kier molecular flexibility index (Phi) is 6.94. The van der Waals surface area contributed by atoms with Crippen molar-refractivity contribution in [2.75, 3.05) is 7.11 Å². The van der Waals surface area contributed by atoms with Gasteiger partial charge in [0.05, 0.1) is 7.11 Å². The monoisotopic (exact) mass is 383 g/mol. The first-order valence-electron chi connectivity index (χ1n) is 9.55. The molecule has 148 valence electrons. The molecule has 2 aromatic rings. The number of benzene rings is 1. The Morgan fingerprint density at radius 1 is 1.00 bits per heavy atom. The molecule has 1 aliphatic rings. The Morgan fingerprint density at radius 3 is 2.36 bits per heavy atom. The zero-order valence-corrected chi connectivity index (χ0v) is 16.0. The summed E-state index contributed by atoms with van der Waals surface area (Å²) in [6.45, 7) is 0. The molecule has 1 aliphatic carbocycles. The molecule has 1 amide bonds. The Bertz CT molecular complexity index is 789. The molecule has 7 heteroatoms. The SMILES string of the molecule is COc1nccnc1OC1CCC(NC(=O)CCC(=O)c2ccccc2)CC1. The van der Waals surface area contributed by atoms with Crippen molar-refractivity contribution in [2.45, 2.75) is 50.7 Å². The first-order chi connectivity index (χ1) is 13.7. The number of nitrogens with zero attached hydrogens (tertiary/aromatic N) is 2. The van der Waals surface area contributed by atoms with Crippen LogP contribution in [-0.2, 0) is 4.79 Å². The summed E-state index contributed by atoms with van der Waals surface area (Å²) in [5.41, 5.74) is 0.646. The van der Waals surface area contributed by atoms with E-state index in [2.05, 4.69) is 15.3 Å². The average molecular weight is 383 g/mol. The fourth-order valence-electron chi connectivity index (χ4n) is 3.31. The largest absolute Gasteiger partial charge is 0.477 e. The number of Topliss-reactive ketones (excluding diaryl/α,β-unsaturated/α-hetero) is 1. The fourth-order valence-corrected chi connectivity index (χ4v) is 3.31. The topological polar surface area (TPSA) is 90.4 Å². The van der Waals surface area contributed by atoms with Crippen LogP contribution in [0.2, 0.25) is 0 Å². The van der Waals surface area contributed by atoms with Crippen LogP contribution in [0.15, 0.2) is 42.7 Å². The number of nitrogens with one attached hydrogen (secondary N) is 1. The van der Waals surface area contributed by atoms with Crippen molar-refractivity contribution in [1.82, 2.24) is 15.3 Å². The molecule has 0 saturated heterocycles. The standard InChI is InChI=1S/C21H25N3O4/c1-27-20-21(23-14-13-22-20)28-17-9-7-16(8-10-17)24-19(26)12-11-18(25)15-5-3-2-4-6-15/h2-6,13-14,16-17H,7-12H2,1H3,(H,24,26). The average Bonchev–Trinajstić information content (AvgIpc) is 2.74.